The monoisotopic (exact) mass is 426 g/mol. The van der Waals surface area contributed by atoms with Crippen molar-refractivity contribution in [2.75, 3.05) is 40.9 Å². The van der Waals surface area contributed by atoms with Crippen LogP contribution in [0.4, 0.5) is 0 Å². The van der Waals surface area contributed by atoms with Crippen LogP contribution in [0.5, 0.6) is 11.5 Å². The number of hydrogen-bond donors (Lipinski definition) is 2. The lowest BCUT2D eigenvalue weighted by atomic mass is 10.1. The first-order valence-corrected chi connectivity index (χ1v) is 10.6. The summed E-state index contributed by atoms with van der Waals surface area (Å²) in [4.78, 5) is 18.8. The molecule has 0 heterocycles. The molecule has 0 aliphatic rings. The summed E-state index contributed by atoms with van der Waals surface area (Å²) < 4.78 is 10.7. The maximum Gasteiger partial charge on any atom is 0.222 e. The molecule has 0 saturated heterocycles. The fourth-order valence-electron chi connectivity index (χ4n) is 3.06. The maximum absolute atomic E-state index is 12.1. The maximum atomic E-state index is 12.1. The van der Waals surface area contributed by atoms with Gasteiger partial charge in [-0.2, -0.15) is 0 Å². The van der Waals surface area contributed by atoms with E-state index in [1.807, 2.05) is 62.5 Å². The van der Waals surface area contributed by atoms with Gasteiger partial charge in [0.25, 0.3) is 0 Å². The molecule has 31 heavy (non-hydrogen) atoms. The SMILES string of the molecule is CCNC(=NCCC(=O)NCc1ccccc1)N(C)CCc1ccc(OC)c(OC)c1. The average molecular weight is 427 g/mol. The van der Waals surface area contributed by atoms with E-state index in [0.717, 1.165) is 48.1 Å². The number of ether oxygens (including phenoxy) is 2. The third kappa shape index (κ3) is 8.20. The molecule has 7 heteroatoms. The van der Waals surface area contributed by atoms with Gasteiger partial charge in [0.2, 0.25) is 5.91 Å². The van der Waals surface area contributed by atoms with Gasteiger partial charge in [-0.3, -0.25) is 9.79 Å². The van der Waals surface area contributed by atoms with E-state index in [1.54, 1.807) is 14.2 Å². The highest BCUT2D eigenvalue weighted by atomic mass is 16.5. The summed E-state index contributed by atoms with van der Waals surface area (Å²) in [6, 6.07) is 15.8. The number of methoxy groups -OCH3 is 2. The van der Waals surface area contributed by atoms with Gasteiger partial charge in [-0.25, -0.2) is 0 Å². The Balaban J connectivity index is 1.84. The van der Waals surface area contributed by atoms with Gasteiger partial charge >= 0.3 is 0 Å². The Hall–Kier alpha value is -3.22. The molecule has 2 N–H and O–H groups in total. The van der Waals surface area contributed by atoms with Crippen LogP contribution in [0.15, 0.2) is 53.5 Å². The van der Waals surface area contributed by atoms with Crippen molar-refractivity contribution < 1.29 is 14.3 Å². The molecule has 0 radical (unpaired) electrons. The van der Waals surface area contributed by atoms with Crippen molar-refractivity contribution in [3.63, 3.8) is 0 Å². The highest BCUT2D eigenvalue weighted by molar-refractivity contribution is 5.80. The Morgan fingerprint density at radius 3 is 2.42 bits per heavy atom. The van der Waals surface area contributed by atoms with Gasteiger partial charge < -0.3 is 25.0 Å². The molecule has 0 saturated carbocycles. The number of nitrogens with zero attached hydrogens (tertiary/aromatic N) is 2. The Bertz CT molecular complexity index is 840. The summed E-state index contributed by atoms with van der Waals surface area (Å²) in [6.45, 7) is 4.55. The van der Waals surface area contributed by atoms with Crippen LogP contribution in [0.3, 0.4) is 0 Å². The van der Waals surface area contributed by atoms with E-state index in [0.29, 0.717) is 19.5 Å². The lowest BCUT2D eigenvalue weighted by molar-refractivity contribution is -0.121. The van der Waals surface area contributed by atoms with Crippen molar-refractivity contribution in [2.24, 2.45) is 4.99 Å². The van der Waals surface area contributed by atoms with E-state index in [9.17, 15) is 4.79 Å². The smallest absolute Gasteiger partial charge is 0.222 e. The molecule has 0 bridgehead atoms. The fraction of sp³-hybridized carbons (Fsp3) is 0.417. The molecule has 2 aromatic rings. The summed E-state index contributed by atoms with van der Waals surface area (Å²) >= 11 is 0. The van der Waals surface area contributed by atoms with Crippen LogP contribution in [0.25, 0.3) is 0 Å². The van der Waals surface area contributed by atoms with Crippen molar-refractivity contribution in [2.45, 2.75) is 26.3 Å². The zero-order valence-electron chi connectivity index (χ0n) is 19.0. The minimum atomic E-state index is -0.00330. The first-order valence-electron chi connectivity index (χ1n) is 10.6. The van der Waals surface area contributed by atoms with Gasteiger partial charge in [-0.05, 0) is 36.6 Å². The van der Waals surface area contributed by atoms with Crippen molar-refractivity contribution in [1.29, 1.82) is 0 Å². The standard InChI is InChI=1S/C24H34N4O3/c1-5-25-24(26-15-13-23(29)27-18-20-9-7-6-8-10-20)28(2)16-14-19-11-12-21(30-3)22(17-19)31-4/h6-12,17H,5,13-16,18H2,1-4H3,(H,25,26)(H,27,29). The predicted octanol–water partition coefficient (Wildman–Crippen LogP) is 2.85. The van der Waals surface area contributed by atoms with Gasteiger partial charge in [0.15, 0.2) is 17.5 Å². The zero-order valence-corrected chi connectivity index (χ0v) is 19.0. The Morgan fingerprint density at radius 2 is 1.74 bits per heavy atom. The van der Waals surface area contributed by atoms with Crippen LogP contribution in [0.1, 0.15) is 24.5 Å². The number of hydrogen-bond acceptors (Lipinski definition) is 4. The second-order valence-electron chi connectivity index (χ2n) is 7.11. The number of likely N-dealkylation sites (N-methyl/N-ethyl adjacent to an activating group) is 1. The highest BCUT2D eigenvalue weighted by Crippen LogP contribution is 2.27. The summed E-state index contributed by atoms with van der Waals surface area (Å²) in [6.07, 6.45) is 1.18. The summed E-state index contributed by atoms with van der Waals surface area (Å²) in [5.41, 5.74) is 2.24. The molecule has 168 valence electrons. The second kappa shape index (κ2) is 13.2. The molecular formula is C24H34N4O3. The van der Waals surface area contributed by atoms with Crippen LogP contribution in [0, 0.1) is 0 Å². The number of amides is 1. The summed E-state index contributed by atoms with van der Waals surface area (Å²) in [5.74, 6) is 2.24. The molecule has 1 amide bonds. The molecule has 0 unspecified atom stereocenters. The highest BCUT2D eigenvalue weighted by Gasteiger charge is 2.09. The van der Waals surface area contributed by atoms with E-state index in [-0.39, 0.29) is 5.91 Å². The van der Waals surface area contributed by atoms with Crippen molar-refractivity contribution in [3.8, 4) is 11.5 Å². The number of guanidine groups is 1. The quantitative estimate of drug-likeness (QED) is 0.427. The van der Waals surface area contributed by atoms with Crippen molar-refractivity contribution >= 4 is 11.9 Å². The minimum absolute atomic E-state index is 0.00330. The van der Waals surface area contributed by atoms with Gasteiger partial charge in [0.1, 0.15) is 0 Å². The topological polar surface area (TPSA) is 75.2 Å². The Morgan fingerprint density at radius 1 is 1.00 bits per heavy atom. The van der Waals surface area contributed by atoms with Crippen LogP contribution >= 0.6 is 0 Å². The number of carbonyl (C=O) groups excluding carboxylic acids is 1. The second-order valence-corrected chi connectivity index (χ2v) is 7.11. The van der Waals surface area contributed by atoms with Crippen molar-refractivity contribution in [3.05, 3.63) is 59.7 Å². The molecule has 0 fully saturated rings. The first kappa shape index (κ1) is 24.1. The molecule has 0 spiro atoms. The number of rotatable bonds is 11. The van der Waals surface area contributed by atoms with E-state index in [2.05, 4.69) is 20.5 Å². The minimum Gasteiger partial charge on any atom is -0.493 e. The molecule has 0 aliphatic heterocycles. The number of aliphatic imine (C=N–C) groups is 1. The van der Waals surface area contributed by atoms with Gasteiger partial charge in [0, 0.05) is 33.1 Å². The largest absolute Gasteiger partial charge is 0.493 e. The van der Waals surface area contributed by atoms with E-state index < -0.39 is 0 Å². The molecule has 7 nitrogen and oxygen atoms in total. The van der Waals surface area contributed by atoms with Gasteiger partial charge in [-0.1, -0.05) is 36.4 Å². The van der Waals surface area contributed by atoms with Crippen LogP contribution in [-0.2, 0) is 17.8 Å². The predicted molar refractivity (Wildman–Crippen MR) is 125 cm³/mol. The number of nitrogens with one attached hydrogen (secondary N) is 2. The van der Waals surface area contributed by atoms with Gasteiger partial charge in [0.05, 0.1) is 20.8 Å². The van der Waals surface area contributed by atoms with Crippen LogP contribution in [0.2, 0.25) is 0 Å². The zero-order chi connectivity index (χ0) is 22.5. The number of carbonyl (C=O) groups is 1. The summed E-state index contributed by atoms with van der Waals surface area (Å²) in [7, 11) is 5.27. The first-order chi connectivity index (χ1) is 15.1. The Labute approximate surface area is 185 Å². The Kier molecular flexibility index (Phi) is 10.2. The van der Waals surface area contributed by atoms with E-state index in [4.69, 9.17) is 9.47 Å². The lowest BCUT2D eigenvalue weighted by Gasteiger charge is -2.22. The normalized spacial score (nSPS) is 11.0. The molecule has 0 atom stereocenters. The van der Waals surface area contributed by atoms with E-state index >= 15 is 0 Å². The lowest BCUT2D eigenvalue weighted by Crippen LogP contribution is -2.40. The molecule has 0 aliphatic carbocycles. The third-order valence-corrected chi connectivity index (χ3v) is 4.81. The molecule has 0 aromatic heterocycles. The van der Waals surface area contributed by atoms with Gasteiger partial charge in [-0.15, -0.1) is 0 Å². The van der Waals surface area contributed by atoms with Crippen molar-refractivity contribution in [1.82, 2.24) is 15.5 Å². The molecular weight excluding hydrogens is 392 g/mol. The third-order valence-electron chi connectivity index (χ3n) is 4.81. The van der Waals surface area contributed by atoms with E-state index in [1.165, 1.54) is 0 Å². The molecule has 2 rings (SSSR count). The van der Waals surface area contributed by atoms with Crippen LogP contribution < -0.4 is 20.1 Å². The summed E-state index contributed by atoms with van der Waals surface area (Å²) in [5, 5.41) is 6.23. The fourth-order valence-corrected chi connectivity index (χ4v) is 3.06. The molecule has 2 aromatic carbocycles. The average Bonchev–Trinajstić information content (AvgIpc) is 2.81. The van der Waals surface area contributed by atoms with Crippen LogP contribution in [-0.4, -0.2) is 57.7 Å². The number of benzene rings is 2.